The summed E-state index contributed by atoms with van der Waals surface area (Å²) in [5.74, 6) is -4.92. The Morgan fingerprint density at radius 1 is 0.904 bits per heavy atom. The first kappa shape index (κ1) is 39.2. The van der Waals surface area contributed by atoms with Crippen LogP contribution in [-0.4, -0.2) is 47.5 Å². The van der Waals surface area contributed by atoms with Crippen LogP contribution in [0.2, 0.25) is 0 Å². The topological polar surface area (TPSA) is 175 Å². The molecule has 0 aliphatic heterocycles. The van der Waals surface area contributed by atoms with Crippen LogP contribution < -0.4 is 26.6 Å². The SMILES string of the molecule is Cc1cc(=O)n(-c2ccc(C[C@H](NC(=O)c3cc(F)c(NS(=O)(=O)c4ccc(NC(=O)C(C)(C)C)cc4)cc3F)C(=O)OC(C)C)cc2)c(=O)n1C. The van der Waals surface area contributed by atoms with Gasteiger partial charge in [-0.1, -0.05) is 32.9 Å². The van der Waals surface area contributed by atoms with Gasteiger partial charge in [-0.05, 0) is 68.8 Å². The number of nitrogens with one attached hydrogen (secondary N) is 3. The van der Waals surface area contributed by atoms with Crippen LogP contribution in [0.4, 0.5) is 20.2 Å². The summed E-state index contributed by atoms with van der Waals surface area (Å²) in [5.41, 5.74) is -1.87. The maximum Gasteiger partial charge on any atom is 0.335 e. The van der Waals surface area contributed by atoms with E-state index in [1.165, 1.54) is 66.2 Å². The molecule has 1 atom stereocenters. The smallest absolute Gasteiger partial charge is 0.335 e. The van der Waals surface area contributed by atoms with Gasteiger partial charge in [0.15, 0.2) is 0 Å². The van der Waals surface area contributed by atoms with E-state index in [-0.39, 0.29) is 22.9 Å². The third-order valence-corrected chi connectivity index (χ3v) is 9.17. The van der Waals surface area contributed by atoms with E-state index in [1.807, 2.05) is 4.72 Å². The summed E-state index contributed by atoms with van der Waals surface area (Å²) in [6.07, 6.45) is -0.752. The molecular formula is C36H39F2N5O8S. The van der Waals surface area contributed by atoms with Gasteiger partial charge in [0.2, 0.25) is 5.91 Å². The predicted molar refractivity (Wildman–Crippen MR) is 190 cm³/mol. The number of rotatable bonds is 11. The number of ether oxygens (including phenoxy) is 1. The molecule has 3 aromatic carbocycles. The number of anilines is 2. The van der Waals surface area contributed by atoms with E-state index in [9.17, 15) is 32.4 Å². The number of halogens is 2. The lowest BCUT2D eigenvalue weighted by Gasteiger charge is -2.20. The standard InChI is InChI=1S/C36H39F2N5O8S/c1-20(2)51-33(46)30(17-22-8-12-24(13-9-22)43-31(44)16-21(3)42(7)35(43)48)40-32(45)26-18-28(38)29(19-27(26)37)41-52(49,50)25-14-10-23(11-15-25)39-34(47)36(4,5)6/h8-16,18-20,30,41H,17H2,1-7H3,(H,39,47)(H,40,45)/t30-/m0/s1. The van der Waals surface area contributed by atoms with Gasteiger partial charge >= 0.3 is 11.7 Å². The molecule has 4 rings (SSSR count). The van der Waals surface area contributed by atoms with Gasteiger partial charge in [-0.25, -0.2) is 31.4 Å². The highest BCUT2D eigenvalue weighted by Crippen LogP contribution is 2.25. The summed E-state index contributed by atoms with van der Waals surface area (Å²) in [6.45, 7) is 9.91. The first-order chi connectivity index (χ1) is 24.2. The summed E-state index contributed by atoms with van der Waals surface area (Å²) < 4.78 is 65.9. The third kappa shape index (κ3) is 9.17. The zero-order valence-corrected chi connectivity index (χ0v) is 30.4. The van der Waals surface area contributed by atoms with Gasteiger partial charge in [0.25, 0.3) is 21.5 Å². The van der Waals surface area contributed by atoms with Crippen molar-refractivity contribution in [2.45, 2.75) is 65.0 Å². The Morgan fingerprint density at radius 3 is 2.10 bits per heavy atom. The minimum atomic E-state index is -4.43. The lowest BCUT2D eigenvalue weighted by Crippen LogP contribution is -2.44. The molecule has 13 nitrogen and oxygen atoms in total. The molecule has 0 saturated heterocycles. The van der Waals surface area contributed by atoms with Crippen LogP contribution in [0, 0.1) is 24.0 Å². The van der Waals surface area contributed by atoms with Crippen LogP contribution in [0.3, 0.4) is 0 Å². The van der Waals surface area contributed by atoms with E-state index in [1.54, 1.807) is 41.5 Å². The fourth-order valence-electron chi connectivity index (χ4n) is 4.77. The van der Waals surface area contributed by atoms with Gasteiger partial charge in [0.1, 0.15) is 17.7 Å². The van der Waals surface area contributed by atoms with E-state index in [0.717, 1.165) is 4.57 Å². The van der Waals surface area contributed by atoms with E-state index >= 15 is 8.78 Å². The second kappa shape index (κ2) is 15.3. The number of carbonyl (C=O) groups excluding carboxylic acids is 3. The summed E-state index contributed by atoms with van der Waals surface area (Å²) in [4.78, 5) is 63.3. The number of esters is 1. The summed E-state index contributed by atoms with van der Waals surface area (Å²) in [6, 6.07) is 12.0. The Hall–Kier alpha value is -5.64. The largest absolute Gasteiger partial charge is 0.461 e. The van der Waals surface area contributed by atoms with Crippen molar-refractivity contribution >= 4 is 39.2 Å². The highest BCUT2D eigenvalue weighted by molar-refractivity contribution is 7.92. The van der Waals surface area contributed by atoms with Gasteiger partial charge in [-0.15, -0.1) is 0 Å². The highest BCUT2D eigenvalue weighted by atomic mass is 32.2. The van der Waals surface area contributed by atoms with E-state index in [0.29, 0.717) is 29.1 Å². The third-order valence-electron chi connectivity index (χ3n) is 7.79. The minimum absolute atomic E-state index is 0.168. The number of hydrogen-bond acceptors (Lipinski definition) is 8. The Bertz CT molecular complexity index is 2240. The molecule has 0 unspecified atom stereocenters. The maximum atomic E-state index is 15.3. The fraction of sp³-hybridized carbons (Fsp3) is 0.306. The number of sulfonamides is 1. The van der Waals surface area contributed by atoms with Crippen molar-refractivity contribution in [2.75, 3.05) is 10.0 Å². The van der Waals surface area contributed by atoms with Gasteiger partial charge in [0.05, 0.1) is 27.9 Å². The van der Waals surface area contributed by atoms with E-state index < -0.39 is 73.6 Å². The molecular weight excluding hydrogens is 700 g/mol. The second-order valence-electron chi connectivity index (χ2n) is 13.3. The molecule has 0 bridgehead atoms. The zero-order chi connectivity index (χ0) is 38.7. The number of nitrogens with zero attached hydrogens (tertiary/aromatic N) is 2. The number of aromatic nitrogens is 2. The molecule has 1 heterocycles. The molecule has 0 saturated carbocycles. The average molecular weight is 740 g/mol. The molecule has 276 valence electrons. The van der Waals surface area contributed by atoms with Gasteiger partial charge in [0, 0.05) is 42.4 Å². The fourth-order valence-corrected chi connectivity index (χ4v) is 5.83. The van der Waals surface area contributed by atoms with E-state index in [4.69, 9.17) is 4.74 Å². The molecule has 0 radical (unpaired) electrons. The monoisotopic (exact) mass is 739 g/mol. The summed E-state index contributed by atoms with van der Waals surface area (Å²) in [5, 5.41) is 5.01. The van der Waals surface area contributed by atoms with Crippen molar-refractivity contribution in [1.82, 2.24) is 14.5 Å². The summed E-state index contributed by atoms with van der Waals surface area (Å²) in [7, 11) is -2.91. The normalized spacial score (nSPS) is 12.3. The zero-order valence-electron chi connectivity index (χ0n) is 29.5. The van der Waals surface area contributed by atoms with Crippen molar-refractivity contribution in [3.8, 4) is 5.69 Å². The second-order valence-corrected chi connectivity index (χ2v) is 15.0. The molecule has 0 aliphatic carbocycles. The molecule has 2 amide bonds. The molecule has 1 aromatic heterocycles. The molecule has 0 fully saturated rings. The number of benzene rings is 3. The number of amides is 2. The van der Waals surface area contributed by atoms with Crippen LogP contribution in [0.5, 0.6) is 0 Å². The molecule has 0 spiro atoms. The average Bonchev–Trinajstić information content (AvgIpc) is 3.05. The molecule has 16 heteroatoms. The maximum absolute atomic E-state index is 15.3. The lowest BCUT2D eigenvalue weighted by atomic mass is 9.95. The van der Waals surface area contributed by atoms with Crippen molar-refractivity contribution in [3.05, 3.63) is 116 Å². The van der Waals surface area contributed by atoms with Crippen LogP contribution in [0.25, 0.3) is 5.69 Å². The van der Waals surface area contributed by atoms with Crippen LogP contribution in [-0.2, 0) is 37.8 Å². The summed E-state index contributed by atoms with van der Waals surface area (Å²) >= 11 is 0. The van der Waals surface area contributed by atoms with Crippen molar-refractivity contribution < 1.29 is 36.3 Å². The molecule has 0 aliphatic rings. The Labute approximate surface area is 298 Å². The van der Waals surface area contributed by atoms with E-state index in [2.05, 4.69) is 10.6 Å². The van der Waals surface area contributed by atoms with Crippen LogP contribution >= 0.6 is 0 Å². The quantitative estimate of drug-likeness (QED) is 0.192. The lowest BCUT2D eigenvalue weighted by molar-refractivity contribution is -0.149. The first-order valence-electron chi connectivity index (χ1n) is 16.0. The molecule has 3 N–H and O–H groups in total. The van der Waals surface area contributed by atoms with Crippen LogP contribution in [0.1, 0.15) is 56.2 Å². The van der Waals surface area contributed by atoms with Gasteiger partial charge in [-0.3, -0.25) is 19.1 Å². The van der Waals surface area contributed by atoms with Gasteiger partial charge < -0.3 is 19.9 Å². The van der Waals surface area contributed by atoms with Crippen molar-refractivity contribution in [2.24, 2.45) is 12.5 Å². The number of aryl methyl sites for hydroxylation is 1. The van der Waals surface area contributed by atoms with Crippen molar-refractivity contribution in [3.63, 3.8) is 0 Å². The minimum Gasteiger partial charge on any atom is -0.461 e. The first-order valence-corrected chi connectivity index (χ1v) is 17.5. The van der Waals surface area contributed by atoms with Crippen LogP contribution in [0.15, 0.2) is 81.2 Å². The number of hydrogen-bond donors (Lipinski definition) is 3. The molecule has 4 aromatic rings. The Kier molecular flexibility index (Phi) is 11.5. The Balaban J connectivity index is 1.53. The molecule has 52 heavy (non-hydrogen) atoms. The number of carbonyl (C=O) groups is 3. The van der Waals surface area contributed by atoms with Crippen molar-refractivity contribution in [1.29, 1.82) is 0 Å². The highest BCUT2D eigenvalue weighted by Gasteiger charge is 2.28. The Morgan fingerprint density at radius 2 is 1.52 bits per heavy atom. The predicted octanol–water partition coefficient (Wildman–Crippen LogP) is 4.20. The van der Waals surface area contributed by atoms with Gasteiger partial charge in [-0.2, -0.15) is 0 Å².